The first kappa shape index (κ1) is 10.6. The lowest BCUT2D eigenvalue weighted by atomic mass is 10.1. The zero-order valence-corrected chi connectivity index (χ0v) is 9.32. The fraction of sp³-hybridized carbons (Fsp3) is 0.231. The Morgan fingerprint density at radius 1 is 1.19 bits per heavy atom. The van der Waals surface area contributed by atoms with Crippen molar-refractivity contribution in [2.45, 2.75) is 6.42 Å². The molecule has 0 fully saturated rings. The lowest BCUT2D eigenvalue weighted by molar-refractivity contribution is 0.391. The molecule has 0 aliphatic heterocycles. The summed E-state index contributed by atoms with van der Waals surface area (Å²) in [5, 5.41) is 0. The maximum absolute atomic E-state index is 5.31. The summed E-state index contributed by atoms with van der Waals surface area (Å²) in [5.74, 6) is 1.60. The number of hydrogen-bond acceptors (Lipinski definition) is 3. The Morgan fingerprint density at radius 3 is 2.69 bits per heavy atom. The SMILES string of the molecule is COc1ccc(Cc2[c]occ2)c(OC)c1. The lowest BCUT2D eigenvalue weighted by Gasteiger charge is -2.09. The van der Waals surface area contributed by atoms with Crippen LogP contribution in [0.15, 0.2) is 34.9 Å². The zero-order chi connectivity index (χ0) is 11.4. The third-order valence-electron chi connectivity index (χ3n) is 2.40. The molecule has 0 saturated carbocycles. The third-order valence-corrected chi connectivity index (χ3v) is 2.40. The Hall–Kier alpha value is -1.90. The van der Waals surface area contributed by atoms with Crippen molar-refractivity contribution in [3.63, 3.8) is 0 Å². The minimum atomic E-state index is 0.740. The van der Waals surface area contributed by atoms with Gasteiger partial charge in [-0.05, 0) is 17.7 Å². The summed E-state index contributed by atoms with van der Waals surface area (Å²) < 4.78 is 15.4. The molecule has 0 spiro atoms. The molecule has 83 valence electrons. The third kappa shape index (κ3) is 2.19. The van der Waals surface area contributed by atoms with Crippen molar-refractivity contribution in [3.8, 4) is 11.5 Å². The van der Waals surface area contributed by atoms with Gasteiger partial charge in [-0.25, -0.2) is 0 Å². The van der Waals surface area contributed by atoms with Gasteiger partial charge in [0.1, 0.15) is 11.5 Å². The monoisotopic (exact) mass is 217 g/mol. The van der Waals surface area contributed by atoms with E-state index >= 15 is 0 Å². The topological polar surface area (TPSA) is 31.6 Å². The van der Waals surface area contributed by atoms with E-state index in [2.05, 4.69) is 6.26 Å². The van der Waals surface area contributed by atoms with Gasteiger partial charge in [0.05, 0.1) is 20.5 Å². The predicted octanol–water partition coefficient (Wildman–Crippen LogP) is 2.69. The standard InChI is InChI=1S/C13H13O3/c1-14-12-4-3-11(13(8-12)15-2)7-10-5-6-16-9-10/h3-6,8H,7H2,1-2H3. The molecule has 0 saturated heterocycles. The molecule has 1 radical (unpaired) electrons. The van der Waals surface area contributed by atoms with E-state index in [0.29, 0.717) is 0 Å². The van der Waals surface area contributed by atoms with E-state index in [1.807, 2.05) is 24.3 Å². The Kier molecular flexibility index (Phi) is 3.15. The summed E-state index contributed by atoms with van der Waals surface area (Å²) in [6, 6.07) is 7.66. The molecular formula is C13H13O3. The quantitative estimate of drug-likeness (QED) is 0.789. The van der Waals surface area contributed by atoms with E-state index in [-0.39, 0.29) is 0 Å². The summed E-state index contributed by atoms with van der Waals surface area (Å²) in [6.45, 7) is 0. The maximum atomic E-state index is 5.31. The molecule has 1 aromatic carbocycles. The van der Waals surface area contributed by atoms with E-state index in [0.717, 1.165) is 29.0 Å². The second kappa shape index (κ2) is 4.75. The van der Waals surface area contributed by atoms with Crippen LogP contribution >= 0.6 is 0 Å². The van der Waals surface area contributed by atoms with Crippen LogP contribution in [0, 0.1) is 6.26 Å². The van der Waals surface area contributed by atoms with Gasteiger partial charge in [-0.15, -0.1) is 0 Å². The van der Waals surface area contributed by atoms with E-state index in [1.54, 1.807) is 20.5 Å². The number of hydrogen-bond donors (Lipinski definition) is 0. The second-order valence-electron chi connectivity index (χ2n) is 3.40. The molecule has 0 amide bonds. The predicted molar refractivity (Wildman–Crippen MR) is 59.9 cm³/mol. The second-order valence-corrected chi connectivity index (χ2v) is 3.40. The molecule has 16 heavy (non-hydrogen) atoms. The largest absolute Gasteiger partial charge is 0.497 e. The van der Waals surface area contributed by atoms with Gasteiger partial charge in [0.25, 0.3) is 0 Å². The average molecular weight is 217 g/mol. The highest BCUT2D eigenvalue weighted by molar-refractivity contribution is 5.42. The lowest BCUT2D eigenvalue weighted by Crippen LogP contribution is -1.94. The van der Waals surface area contributed by atoms with E-state index in [9.17, 15) is 0 Å². The van der Waals surface area contributed by atoms with Crippen molar-refractivity contribution >= 4 is 0 Å². The zero-order valence-electron chi connectivity index (χ0n) is 9.32. The minimum absolute atomic E-state index is 0.740. The highest BCUT2D eigenvalue weighted by Gasteiger charge is 2.06. The molecule has 1 heterocycles. The van der Waals surface area contributed by atoms with Crippen molar-refractivity contribution in [2.24, 2.45) is 0 Å². The molecule has 0 N–H and O–H groups in total. The summed E-state index contributed by atoms with van der Waals surface area (Å²) >= 11 is 0. The first-order valence-corrected chi connectivity index (χ1v) is 4.98. The molecule has 0 bridgehead atoms. The van der Waals surface area contributed by atoms with E-state index in [4.69, 9.17) is 13.9 Å². The molecule has 0 unspecified atom stereocenters. The fourth-order valence-corrected chi connectivity index (χ4v) is 1.56. The first-order chi connectivity index (χ1) is 7.83. The van der Waals surface area contributed by atoms with Crippen molar-refractivity contribution in [1.82, 2.24) is 0 Å². The maximum Gasteiger partial charge on any atom is 0.172 e. The number of ether oxygens (including phenoxy) is 2. The number of benzene rings is 1. The van der Waals surface area contributed by atoms with Crippen LogP contribution in [0.5, 0.6) is 11.5 Å². The first-order valence-electron chi connectivity index (χ1n) is 4.98. The van der Waals surface area contributed by atoms with Gasteiger partial charge >= 0.3 is 0 Å². The molecular weight excluding hydrogens is 204 g/mol. The number of methoxy groups -OCH3 is 2. The average Bonchev–Trinajstić information content (AvgIpc) is 2.82. The molecule has 2 aromatic rings. The molecule has 0 atom stereocenters. The van der Waals surface area contributed by atoms with Crippen molar-refractivity contribution < 1.29 is 13.9 Å². The van der Waals surface area contributed by atoms with Gasteiger partial charge in [-0.1, -0.05) is 6.07 Å². The van der Waals surface area contributed by atoms with Crippen LogP contribution in [-0.4, -0.2) is 14.2 Å². The van der Waals surface area contributed by atoms with E-state index < -0.39 is 0 Å². The van der Waals surface area contributed by atoms with Gasteiger partial charge in [0.2, 0.25) is 0 Å². The van der Waals surface area contributed by atoms with Crippen molar-refractivity contribution in [3.05, 3.63) is 47.9 Å². The van der Waals surface area contributed by atoms with Crippen LogP contribution in [0.25, 0.3) is 0 Å². The number of rotatable bonds is 4. The van der Waals surface area contributed by atoms with Gasteiger partial charge in [0.15, 0.2) is 6.26 Å². The molecule has 1 aromatic heterocycles. The Morgan fingerprint density at radius 2 is 2.06 bits per heavy atom. The normalized spacial score (nSPS) is 10.1. The Balaban J connectivity index is 2.26. The van der Waals surface area contributed by atoms with Crippen LogP contribution in [-0.2, 0) is 6.42 Å². The summed E-state index contributed by atoms with van der Waals surface area (Å²) in [6.07, 6.45) is 5.16. The van der Waals surface area contributed by atoms with Crippen LogP contribution in [0.2, 0.25) is 0 Å². The summed E-state index contributed by atoms with van der Waals surface area (Å²) in [5.41, 5.74) is 2.09. The van der Waals surface area contributed by atoms with Crippen molar-refractivity contribution in [1.29, 1.82) is 0 Å². The molecule has 0 aliphatic rings. The summed E-state index contributed by atoms with van der Waals surface area (Å²) in [4.78, 5) is 0. The Labute approximate surface area is 94.6 Å². The van der Waals surface area contributed by atoms with E-state index in [1.165, 1.54) is 0 Å². The molecule has 0 aliphatic carbocycles. The fourth-order valence-electron chi connectivity index (χ4n) is 1.56. The summed E-state index contributed by atoms with van der Waals surface area (Å²) in [7, 11) is 3.29. The van der Waals surface area contributed by atoms with Gasteiger partial charge in [0, 0.05) is 18.1 Å². The highest BCUT2D eigenvalue weighted by Crippen LogP contribution is 2.26. The highest BCUT2D eigenvalue weighted by atomic mass is 16.5. The smallest absolute Gasteiger partial charge is 0.172 e. The molecule has 3 nitrogen and oxygen atoms in total. The minimum Gasteiger partial charge on any atom is -0.497 e. The van der Waals surface area contributed by atoms with Gasteiger partial charge in [-0.3, -0.25) is 0 Å². The van der Waals surface area contributed by atoms with Crippen LogP contribution < -0.4 is 9.47 Å². The van der Waals surface area contributed by atoms with Crippen LogP contribution in [0.4, 0.5) is 0 Å². The number of furan rings is 1. The molecule has 2 rings (SSSR count). The van der Waals surface area contributed by atoms with Crippen LogP contribution in [0.1, 0.15) is 11.1 Å². The van der Waals surface area contributed by atoms with Crippen molar-refractivity contribution in [2.75, 3.05) is 14.2 Å². The Bertz CT molecular complexity index is 446. The van der Waals surface area contributed by atoms with Gasteiger partial charge in [-0.2, -0.15) is 0 Å². The van der Waals surface area contributed by atoms with Crippen LogP contribution in [0.3, 0.4) is 0 Å². The molecule has 3 heteroatoms. The van der Waals surface area contributed by atoms with Gasteiger partial charge < -0.3 is 13.9 Å².